The van der Waals surface area contributed by atoms with Gasteiger partial charge in [-0.25, -0.2) is 4.98 Å². The summed E-state index contributed by atoms with van der Waals surface area (Å²) in [6.45, 7) is 1.85. The van der Waals surface area contributed by atoms with Gasteiger partial charge >= 0.3 is 0 Å². The van der Waals surface area contributed by atoms with Crippen LogP contribution in [0.5, 0.6) is 5.75 Å². The predicted molar refractivity (Wildman–Crippen MR) is 90.3 cm³/mol. The quantitative estimate of drug-likeness (QED) is 0.616. The van der Waals surface area contributed by atoms with Crippen molar-refractivity contribution in [2.24, 2.45) is 0 Å². The second-order valence-electron chi connectivity index (χ2n) is 5.12. The van der Waals surface area contributed by atoms with Crippen LogP contribution in [-0.4, -0.2) is 27.2 Å². The molecule has 3 heterocycles. The molecule has 0 aliphatic heterocycles. The highest BCUT2D eigenvalue weighted by molar-refractivity contribution is 7.22. The Morgan fingerprint density at radius 2 is 2.04 bits per heavy atom. The smallest absolute Gasteiger partial charge is 0.268 e. The molecule has 1 aromatic carbocycles. The number of aryl methyl sites for hydroxylation is 1. The number of H-pyrrole nitrogens is 1. The highest BCUT2D eigenvalue weighted by Crippen LogP contribution is 2.35. The molecule has 0 bridgehead atoms. The zero-order valence-electron chi connectivity index (χ0n) is 12.9. The third-order valence-corrected chi connectivity index (χ3v) is 4.89. The lowest BCUT2D eigenvalue weighted by atomic mass is 10.2. The molecule has 8 heteroatoms. The molecule has 0 saturated heterocycles. The molecule has 4 rings (SSSR count). The molecular weight excluding hydrogens is 328 g/mol. The maximum atomic E-state index is 12.0. The van der Waals surface area contributed by atoms with Gasteiger partial charge in [-0.1, -0.05) is 5.16 Å². The molecule has 0 spiro atoms. The molecule has 7 nitrogen and oxygen atoms in total. The number of fused-ring (bicyclic) bond motifs is 1. The Morgan fingerprint density at radius 1 is 1.25 bits per heavy atom. The minimum absolute atomic E-state index is 0.171. The number of ether oxygens (including phenoxy) is 1. The first-order valence-electron chi connectivity index (χ1n) is 7.12. The van der Waals surface area contributed by atoms with Crippen molar-refractivity contribution in [1.82, 2.24) is 20.1 Å². The van der Waals surface area contributed by atoms with E-state index in [1.54, 1.807) is 7.11 Å². The van der Waals surface area contributed by atoms with Crippen LogP contribution in [-0.2, 0) is 0 Å². The largest absolute Gasteiger partial charge is 0.497 e. The fourth-order valence-corrected chi connectivity index (χ4v) is 3.53. The molecule has 3 aromatic heterocycles. The summed E-state index contributed by atoms with van der Waals surface area (Å²) in [7, 11) is 1.61. The summed E-state index contributed by atoms with van der Waals surface area (Å²) in [6, 6.07) is 7.38. The molecule has 0 radical (unpaired) electrons. The van der Waals surface area contributed by atoms with E-state index in [9.17, 15) is 4.79 Å². The molecule has 0 atom stereocenters. The maximum absolute atomic E-state index is 12.0. The van der Waals surface area contributed by atoms with E-state index < -0.39 is 0 Å². The van der Waals surface area contributed by atoms with E-state index in [4.69, 9.17) is 9.26 Å². The SMILES string of the molecule is COc1ccc(-c2noc(-c3sc4nc[nH]c(=O)c4c3C)n2)cc1. The van der Waals surface area contributed by atoms with Gasteiger partial charge < -0.3 is 14.2 Å². The van der Waals surface area contributed by atoms with E-state index in [1.165, 1.54) is 17.7 Å². The van der Waals surface area contributed by atoms with E-state index >= 15 is 0 Å². The molecule has 1 N–H and O–H groups in total. The van der Waals surface area contributed by atoms with E-state index in [1.807, 2.05) is 31.2 Å². The van der Waals surface area contributed by atoms with Crippen LogP contribution in [0.3, 0.4) is 0 Å². The molecule has 4 aromatic rings. The number of benzene rings is 1. The van der Waals surface area contributed by atoms with Crippen LogP contribution in [0.15, 0.2) is 39.9 Å². The third kappa shape index (κ3) is 2.28. The molecular formula is C16H12N4O3S. The van der Waals surface area contributed by atoms with Gasteiger partial charge in [0.1, 0.15) is 10.6 Å². The molecule has 0 aliphatic carbocycles. The van der Waals surface area contributed by atoms with Crippen molar-refractivity contribution in [1.29, 1.82) is 0 Å². The Balaban J connectivity index is 1.78. The lowest BCUT2D eigenvalue weighted by Gasteiger charge is -1.98. The van der Waals surface area contributed by atoms with Crippen LogP contribution in [0.2, 0.25) is 0 Å². The minimum atomic E-state index is -0.171. The third-order valence-electron chi connectivity index (χ3n) is 3.70. The lowest BCUT2D eigenvalue weighted by molar-refractivity contribution is 0.415. The maximum Gasteiger partial charge on any atom is 0.268 e. The molecule has 0 fully saturated rings. The average molecular weight is 340 g/mol. The number of hydrogen-bond acceptors (Lipinski definition) is 7. The summed E-state index contributed by atoms with van der Waals surface area (Å²) < 4.78 is 10.5. The second kappa shape index (κ2) is 5.57. The van der Waals surface area contributed by atoms with Crippen molar-refractivity contribution in [2.75, 3.05) is 7.11 Å². The summed E-state index contributed by atoms with van der Waals surface area (Å²) in [4.78, 5) is 24.6. The Hall–Kier alpha value is -3.00. The van der Waals surface area contributed by atoms with Gasteiger partial charge in [0, 0.05) is 5.56 Å². The molecule has 120 valence electrons. The topological polar surface area (TPSA) is 93.9 Å². The predicted octanol–water partition coefficient (Wildman–Crippen LogP) is 3.02. The van der Waals surface area contributed by atoms with Gasteiger partial charge in [-0.2, -0.15) is 4.98 Å². The standard InChI is InChI=1S/C16H12N4O3S/c1-8-11-14(21)17-7-18-16(11)24-12(8)15-19-13(20-23-15)9-3-5-10(22-2)6-4-9/h3-7H,1-2H3,(H,17,18,21). The van der Waals surface area contributed by atoms with Gasteiger partial charge in [0.2, 0.25) is 5.82 Å². The van der Waals surface area contributed by atoms with Crippen molar-refractivity contribution in [3.05, 3.63) is 46.5 Å². The van der Waals surface area contributed by atoms with Crippen LogP contribution in [0, 0.1) is 6.92 Å². The summed E-state index contributed by atoms with van der Waals surface area (Å²) >= 11 is 1.36. The lowest BCUT2D eigenvalue weighted by Crippen LogP contribution is -2.05. The van der Waals surface area contributed by atoms with Crippen LogP contribution >= 0.6 is 11.3 Å². The number of thiophene rings is 1. The van der Waals surface area contributed by atoms with Crippen molar-refractivity contribution in [3.63, 3.8) is 0 Å². The van der Waals surface area contributed by atoms with Gasteiger partial charge in [-0.05, 0) is 36.8 Å². The number of nitrogens with one attached hydrogen (secondary N) is 1. The molecule has 0 amide bonds. The average Bonchev–Trinajstić information content (AvgIpc) is 3.21. The van der Waals surface area contributed by atoms with Crippen LogP contribution < -0.4 is 10.3 Å². The van der Waals surface area contributed by atoms with E-state index in [0.717, 1.165) is 21.8 Å². The summed E-state index contributed by atoms with van der Waals surface area (Å²) in [5, 5.41) is 4.58. The van der Waals surface area contributed by atoms with Gasteiger partial charge in [0.05, 0.1) is 23.7 Å². The Kier molecular flexibility index (Phi) is 3.39. The van der Waals surface area contributed by atoms with Crippen molar-refractivity contribution in [3.8, 4) is 27.9 Å². The number of aromatic nitrogens is 4. The van der Waals surface area contributed by atoms with Crippen LogP contribution in [0.4, 0.5) is 0 Å². The number of aromatic amines is 1. The number of nitrogens with zero attached hydrogens (tertiary/aromatic N) is 3. The zero-order chi connectivity index (χ0) is 16.7. The molecule has 0 unspecified atom stereocenters. The molecule has 0 aliphatic rings. The monoisotopic (exact) mass is 340 g/mol. The highest BCUT2D eigenvalue weighted by Gasteiger charge is 2.19. The van der Waals surface area contributed by atoms with Gasteiger partial charge in [-0.15, -0.1) is 11.3 Å². The van der Waals surface area contributed by atoms with Gasteiger partial charge in [-0.3, -0.25) is 4.79 Å². The number of hydrogen-bond donors (Lipinski definition) is 1. The van der Waals surface area contributed by atoms with Crippen LogP contribution in [0.1, 0.15) is 5.56 Å². The van der Waals surface area contributed by atoms with E-state index in [2.05, 4.69) is 20.1 Å². The van der Waals surface area contributed by atoms with Crippen LogP contribution in [0.25, 0.3) is 32.4 Å². The fourth-order valence-electron chi connectivity index (χ4n) is 2.46. The first-order chi connectivity index (χ1) is 11.7. The highest BCUT2D eigenvalue weighted by atomic mass is 32.1. The van der Waals surface area contributed by atoms with Gasteiger partial charge in [0.15, 0.2) is 0 Å². The first kappa shape index (κ1) is 14.6. The minimum Gasteiger partial charge on any atom is -0.497 e. The normalized spacial score (nSPS) is 11.1. The van der Waals surface area contributed by atoms with E-state index in [0.29, 0.717) is 21.9 Å². The summed E-state index contributed by atoms with van der Waals surface area (Å²) in [6.07, 6.45) is 1.39. The Morgan fingerprint density at radius 3 is 2.75 bits per heavy atom. The second-order valence-corrected chi connectivity index (χ2v) is 6.12. The summed E-state index contributed by atoms with van der Waals surface area (Å²) in [5.74, 6) is 1.61. The Labute approximate surface area is 139 Å². The Bertz CT molecular complexity index is 1080. The number of rotatable bonds is 3. The van der Waals surface area contributed by atoms with Crippen molar-refractivity contribution < 1.29 is 9.26 Å². The van der Waals surface area contributed by atoms with Crippen molar-refractivity contribution in [2.45, 2.75) is 6.92 Å². The molecule has 0 saturated carbocycles. The summed E-state index contributed by atoms with van der Waals surface area (Å²) in [5.41, 5.74) is 1.43. The number of methoxy groups -OCH3 is 1. The van der Waals surface area contributed by atoms with Gasteiger partial charge in [0.25, 0.3) is 11.4 Å². The first-order valence-corrected chi connectivity index (χ1v) is 7.94. The van der Waals surface area contributed by atoms with Crippen molar-refractivity contribution >= 4 is 21.6 Å². The van der Waals surface area contributed by atoms with E-state index in [-0.39, 0.29) is 5.56 Å². The fraction of sp³-hybridized carbons (Fsp3) is 0.125. The zero-order valence-corrected chi connectivity index (χ0v) is 13.7. The molecule has 24 heavy (non-hydrogen) atoms.